The second-order valence-corrected chi connectivity index (χ2v) is 4.64. The number of alkyl halides is 3. The summed E-state index contributed by atoms with van der Waals surface area (Å²) in [6.45, 7) is 2.06. The maximum absolute atomic E-state index is 12.6. The molecule has 0 aliphatic carbocycles. The van der Waals surface area contributed by atoms with Gasteiger partial charge in [-0.25, -0.2) is 4.79 Å². The maximum atomic E-state index is 12.6. The molecule has 0 aliphatic rings. The summed E-state index contributed by atoms with van der Waals surface area (Å²) in [5.41, 5.74) is -0.00585. The van der Waals surface area contributed by atoms with E-state index in [0.717, 1.165) is 17.8 Å². The van der Waals surface area contributed by atoms with E-state index in [4.69, 9.17) is 4.52 Å². The zero-order valence-electron chi connectivity index (χ0n) is 11.7. The molecule has 0 aliphatic heterocycles. The summed E-state index contributed by atoms with van der Waals surface area (Å²) in [5.74, 6) is 0.622. The molecule has 0 atom stereocenters. The second kappa shape index (κ2) is 6.50. The van der Waals surface area contributed by atoms with Crippen LogP contribution in [0.15, 0.2) is 34.9 Å². The minimum absolute atomic E-state index is 0.0721. The summed E-state index contributed by atoms with van der Waals surface area (Å²) in [7, 11) is 0. The molecule has 8 heteroatoms. The van der Waals surface area contributed by atoms with Gasteiger partial charge in [0.1, 0.15) is 5.76 Å². The number of halogens is 3. The summed E-state index contributed by atoms with van der Waals surface area (Å²) in [6.07, 6.45) is -4.00. The number of amides is 2. The third kappa shape index (κ3) is 4.51. The van der Waals surface area contributed by atoms with Gasteiger partial charge >= 0.3 is 12.2 Å². The lowest BCUT2D eigenvalue weighted by Crippen LogP contribution is -2.30. The minimum atomic E-state index is -4.45. The van der Waals surface area contributed by atoms with E-state index in [0.29, 0.717) is 12.2 Å². The van der Waals surface area contributed by atoms with Crippen LogP contribution in [0.2, 0.25) is 0 Å². The molecule has 2 aromatic rings. The molecule has 0 spiro atoms. The number of carbonyl (C=O) groups excluding carboxylic acids is 1. The average Bonchev–Trinajstić information content (AvgIpc) is 2.84. The Bertz CT molecular complexity index is 653. The molecule has 1 heterocycles. The first-order chi connectivity index (χ1) is 10.3. The van der Waals surface area contributed by atoms with E-state index < -0.39 is 17.8 Å². The summed E-state index contributed by atoms with van der Waals surface area (Å²) >= 11 is 0. The van der Waals surface area contributed by atoms with Crippen molar-refractivity contribution in [3.05, 3.63) is 47.3 Å². The number of nitrogens with zero attached hydrogens (tertiary/aromatic N) is 1. The Hall–Kier alpha value is -2.51. The molecular formula is C14H14F3N3O2. The number of rotatable bonds is 4. The van der Waals surface area contributed by atoms with Crippen LogP contribution in [0.3, 0.4) is 0 Å². The fraction of sp³-hybridized carbons (Fsp3) is 0.286. The van der Waals surface area contributed by atoms with Crippen LogP contribution >= 0.6 is 0 Å². The topological polar surface area (TPSA) is 67.2 Å². The van der Waals surface area contributed by atoms with Crippen LogP contribution in [0, 0.1) is 6.92 Å². The first-order valence-electron chi connectivity index (χ1n) is 6.49. The zero-order chi connectivity index (χ0) is 16.2. The largest absolute Gasteiger partial charge is 0.416 e. The van der Waals surface area contributed by atoms with Crippen molar-refractivity contribution in [1.82, 2.24) is 10.5 Å². The molecule has 0 saturated carbocycles. The van der Waals surface area contributed by atoms with Gasteiger partial charge in [0.05, 0.1) is 11.3 Å². The van der Waals surface area contributed by atoms with Crippen LogP contribution in [0.4, 0.5) is 23.7 Å². The molecule has 2 N–H and O–H groups in total. The highest BCUT2D eigenvalue weighted by Gasteiger charge is 2.30. The molecule has 118 valence electrons. The number of benzene rings is 1. The van der Waals surface area contributed by atoms with Gasteiger partial charge in [-0.3, -0.25) is 0 Å². The number of anilines is 1. The minimum Gasteiger partial charge on any atom is -0.361 e. The summed E-state index contributed by atoms with van der Waals surface area (Å²) in [4.78, 5) is 11.6. The highest BCUT2D eigenvalue weighted by Crippen LogP contribution is 2.30. The molecule has 0 radical (unpaired) electrons. The van der Waals surface area contributed by atoms with Gasteiger partial charge < -0.3 is 15.2 Å². The lowest BCUT2D eigenvalue weighted by atomic mass is 10.2. The number of aromatic nitrogens is 1. The lowest BCUT2D eigenvalue weighted by molar-refractivity contribution is -0.137. The van der Waals surface area contributed by atoms with Crippen LogP contribution in [0.5, 0.6) is 0 Å². The van der Waals surface area contributed by atoms with Crippen LogP contribution in [-0.2, 0) is 12.6 Å². The standard InChI is InChI=1S/C14H14F3N3O2/c1-9-7-12(22-20-9)5-6-18-13(21)19-11-4-2-3-10(8-11)14(15,16)17/h2-4,7-8H,5-6H2,1H3,(H2,18,19,21). The van der Waals surface area contributed by atoms with Crippen molar-refractivity contribution in [2.45, 2.75) is 19.5 Å². The van der Waals surface area contributed by atoms with E-state index >= 15 is 0 Å². The van der Waals surface area contributed by atoms with Crippen LogP contribution in [0.25, 0.3) is 0 Å². The van der Waals surface area contributed by atoms with E-state index in [9.17, 15) is 18.0 Å². The Kier molecular flexibility index (Phi) is 4.69. The molecule has 2 amide bonds. The van der Waals surface area contributed by atoms with Gasteiger partial charge in [-0.15, -0.1) is 0 Å². The fourth-order valence-corrected chi connectivity index (χ4v) is 1.78. The van der Waals surface area contributed by atoms with Crippen LogP contribution < -0.4 is 10.6 Å². The van der Waals surface area contributed by atoms with E-state index in [1.165, 1.54) is 12.1 Å². The van der Waals surface area contributed by atoms with Gasteiger partial charge in [-0.1, -0.05) is 11.2 Å². The van der Waals surface area contributed by atoms with Crippen molar-refractivity contribution in [2.24, 2.45) is 0 Å². The third-order valence-corrected chi connectivity index (χ3v) is 2.78. The molecule has 0 saturated heterocycles. The van der Waals surface area contributed by atoms with Crippen molar-refractivity contribution in [2.75, 3.05) is 11.9 Å². The van der Waals surface area contributed by atoms with Gasteiger partial charge in [0.2, 0.25) is 0 Å². The number of urea groups is 1. The number of carbonyl (C=O) groups is 1. The van der Waals surface area contributed by atoms with Gasteiger partial charge in [0.25, 0.3) is 0 Å². The Balaban J connectivity index is 1.84. The SMILES string of the molecule is Cc1cc(CCNC(=O)Nc2cccc(C(F)(F)F)c2)on1. The molecule has 0 fully saturated rings. The number of aryl methyl sites for hydroxylation is 1. The molecule has 0 bridgehead atoms. The molecule has 1 aromatic carbocycles. The van der Waals surface area contributed by atoms with Crippen LogP contribution in [0.1, 0.15) is 17.0 Å². The Morgan fingerprint density at radius 2 is 2.09 bits per heavy atom. The molecule has 1 aromatic heterocycles. The summed E-state index contributed by atoms with van der Waals surface area (Å²) in [6, 6.07) is 5.58. The third-order valence-electron chi connectivity index (χ3n) is 2.78. The predicted molar refractivity (Wildman–Crippen MR) is 73.4 cm³/mol. The smallest absolute Gasteiger partial charge is 0.361 e. The molecular weight excluding hydrogens is 299 g/mol. The quantitative estimate of drug-likeness (QED) is 0.909. The van der Waals surface area contributed by atoms with Crippen molar-refractivity contribution < 1.29 is 22.5 Å². The molecule has 0 unspecified atom stereocenters. The first-order valence-corrected chi connectivity index (χ1v) is 6.49. The van der Waals surface area contributed by atoms with E-state index in [-0.39, 0.29) is 12.2 Å². The van der Waals surface area contributed by atoms with Crippen molar-refractivity contribution in [1.29, 1.82) is 0 Å². The van der Waals surface area contributed by atoms with Crippen molar-refractivity contribution in [3.8, 4) is 0 Å². The lowest BCUT2D eigenvalue weighted by Gasteiger charge is -2.10. The summed E-state index contributed by atoms with van der Waals surface area (Å²) < 4.78 is 42.6. The number of hydrogen-bond donors (Lipinski definition) is 2. The van der Waals surface area contributed by atoms with Gasteiger partial charge in [0, 0.05) is 24.7 Å². The second-order valence-electron chi connectivity index (χ2n) is 4.64. The van der Waals surface area contributed by atoms with Gasteiger partial charge in [-0.05, 0) is 25.1 Å². The van der Waals surface area contributed by atoms with Crippen LogP contribution in [-0.4, -0.2) is 17.7 Å². The molecule has 22 heavy (non-hydrogen) atoms. The Morgan fingerprint density at radius 1 is 1.32 bits per heavy atom. The number of hydrogen-bond acceptors (Lipinski definition) is 3. The van der Waals surface area contributed by atoms with E-state index in [1.54, 1.807) is 13.0 Å². The van der Waals surface area contributed by atoms with Crippen molar-refractivity contribution in [3.63, 3.8) is 0 Å². The maximum Gasteiger partial charge on any atom is 0.416 e. The number of nitrogens with one attached hydrogen (secondary N) is 2. The molecule has 2 rings (SSSR count). The highest BCUT2D eigenvalue weighted by atomic mass is 19.4. The fourth-order valence-electron chi connectivity index (χ4n) is 1.78. The first kappa shape index (κ1) is 15.9. The van der Waals surface area contributed by atoms with E-state index in [2.05, 4.69) is 15.8 Å². The normalized spacial score (nSPS) is 11.3. The highest BCUT2D eigenvalue weighted by molar-refractivity contribution is 5.89. The Morgan fingerprint density at radius 3 is 2.73 bits per heavy atom. The molecule has 5 nitrogen and oxygen atoms in total. The predicted octanol–water partition coefficient (Wildman–Crippen LogP) is 3.37. The summed E-state index contributed by atoms with van der Waals surface area (Å²) in [5, 5.41) is 8.58. The van der Waals surface area contributed by atoms with Crippen molar-refractivity contribution >= 4 is 11.7 Å². The zero-order valence-corrected chi connectivity index (χ0v) is 11.7. The van der Waals surface area contributed by atoms with Gasteiger partial charge in [0.15, 0.2) is 0 Å². The van der Waals surface area contributed by atoms with E-state index in [1.807, 2.05) is 0 Å². The van der Waals surface area contributed by atoms with Gasteiger partial charge in [-0.2, -0.15) is 13.2 Å². The Labute approximate surface area is 124 Å². The monoisotopic (exact) mass is 313 g/mol. The average molecular weight is 313 g/mol.